The maximum absolute atomic E-state index is 12.7. The van der Waals surface area contributed by atoms with E-state index in [1.165, 1.54) is 38.5 Å². The Labute approximate surface area is 122 Å². The first-order valence-corrected chi connectivity index (χ1v) is 8.47. The zero-order valence-electron chi connectivity index (χ0n) is 12.6. The van der Waals surface area contributed by atoms with Crippen LogP contribution in [0.3, 0.4) is 0 Å². The van der Waals surface area contributed by atoms with E-state index in [9.17, 15) is 9.59 Å². The lowest BCUT2D eigenvalue weighted by molar-refractivity contribution is -0.144. The van der Waals surface area contributed by atoms with Crippen molar-refractivity contribution >= 4 is 11.7 Å². The van der Waals surface area contributed by atoms with Gasteiger partial charge in [0.2, 0.25) is 5.91 Å². The van der Waals surface area contributed by atoms with Gasteiger partial charge in [0, 0.05) is 30.8 Å². The standard InChI is InChI=1S/C17H27NO2/c1-18(15-8-3-2-4-9-15)17(20)14-10-12-6-5-7-13(11-14)16(12)19/h12-15H,2-11H2,1H3. The Morgan fingerprint density at radius 1 is 0.950 bits per heavy atom. The summed E-state index contributed by atoms with van der Waals surface area (Å²) in [6.45, 7) is 0. The van der Waals surface area contributed by atoms with E-state index in [0.717, 1.165) is 25.7 Å². The molecule has 2 unspecified atom stereocenters. The summed E-state index contributed by atoms with van der Waals surface area (Å²) in [5, 5.41) is 0. The average Bonchev–Trinajstić information content (AvgIpc) is 2.46. The maximum Gasteiger partial charge on any atom is 0.225 e. The van der Waals surface area contributed by atoms with Crippen LogP contribution < -0.4 is 0 Å². The number of Topliss-reactive ketones (excluding diaryl/α,β-unsaturated/α-hetero) is 1. The van der Waals surface area contributed by atoms with Crippen molar-refractivity contribution in [2.45, 2.75) is 70.3 Å². The van der Waals surface area contributed by atoms with E-state index in [2.05, 4.69) is 0 Å². The van der Waals surface area contributed by atoms with E-state index in [4.69, 9.17) is 0 Å². The molecule has 0 aromatic heterocycles. The lowest BCUT2D eigenvalue weighted by atomic mass is 9.67. The number of ketones is 1. The van der Waals surface area contributed by atoms with Gasteiger partial charge in [-0.25, -0.2) is 0 Å². The van der Waals surface area contributed by atoms with Gasteiger partial charge in [-0.05, 0) is 38.5 Å². The van der Waals surface area contributed by atoms with E-state index in [-0.39, 0.29) is 17.8 Å². The molecular weight excluding hydrogens is 250 g/mol. The summed E-state index contributed by atoms with van der Waals surface area (Å²) < 4.78 is 0. The molecule has 0 N–H and O–H groups in total. The topological polar surface area (TPSA) is 37.4 Å². The van der Waals surface area contributed by atoms with Crippen molar-refractivity contribution < 1.29 is 9.59 Å². The second-order valence-electron chi connectivity index (χ2n) is 7.14. The molecule has 3 rings (SSSR count). The molecule has 3 fully saturated rings. The predicted octanol–water partition coefficient (Wildman–Crippen LogP) is 3.17. The van der Waals surface area contributed by atoms with Gasteiger partial charge >= 0.3 is 0 Å². The van der Waals surface area contributed by atoms with Crippen molar-refractivity contribution in [1.82, 2.24) is 4.90 Å². The summed E-state index contributed by atoms with van der Waals surface area (Å²) in [5.41, 5.74) is 0. The molecule has 2 bridgehead atoms. The van der Waals surface area contributed by atoms with Gasteiger partial charge in [0.1, 0.15) is 5.78 Å². The van der Waals surface area contributed by atoms with Crippen molar-refractivity contribution in [3.8, 4) is 0 Å². The average molecular weight is 277 g/mol. The summed E-state index contributed by atoms with van der Waals surface area (Å²) >= 11 is 0. The monoisotopic (exact) mass is 277 g/mol. The molecule has 0 saturated heterocycles. The van der Waals surface area contributed by atoms with Gasteiger partial charge < -0.3 is 4.90 Å². The number of fused-ring (bicyclic) bond motifs is 2. The first-order valence-electron chi connectivity index (χ1n) is 8.47. The molecule has 112 valence electrons. The van der Waals surface area contributed by atoms with Gasteiger partial charge in [-0.2, -0.15) is 0 Å². The highest BCUT2D eigenvalue weighted by Gasteiger charge is 2.42. The highest BCUT2D eigenvalue weighted by atomic mass is 16.2. The van der Waals surface area contributed by atoms with Crippen molar-refractivity contribution in [3.63, 3.8) is 0 Å². The normalized spacial score (nSPS) is 34.9. The summed E-state index contributed by atoms with van der Waals surface area (Å²) in [4.78, 5) is 26.9. The number of amides is 1. The molecule has 0 spiro atoms. The Morgan fingerprint density at radius 3 is 2.15 bits per heavy atom. The van der Waals surface area contributed by atoms with Crippen LogP contribution in [-0.2, 0) is 9.59 Å². The van der Waals surface area contributed by atoms with E-state index >= 15 is 0 Å². The Hall–Kier alpha value is -0.860. The molecule has 1 amide bonds. The third-order valence-corrected chi connectivity index (χ3v) is 5.87. The minimum atomic E-state index is 0.120. The van der Waals surface area contributed by atoms with Crippen LogP contribution in [0.25, 0.3) is 0 Å². The van der Waals surface area contributed by atoms with Gasteiger partial charge in [-0.3, -0.25) is 9.59 Å². The number of rotatable bonds is 2. The fourth-order valence-corrected chi connectivity index (χ4v) is 4.62. The zero-order chi connectivity index (χ0) is 14.1. The van der Waals surface area contributed by atoms with Crippen molar-refractivity contribution in [3.05, 3.63) is 0 Å². The molecule has 0 aromatic carbocycles. The summed E-state index contributed by atoms with van der Waals surface area (Å²) in [7, 11) is 1.99. The van der Waals surface area contributed by atoms with Crippen LogP contribution >= 0.6 is 0 Å². The van der Waals surface area contributed by atoms with Crippen molar-refractivity contribution in [2.24, 2.45) is 17.8 Å². The second-order valence-corrected chi connectivity index (χ2v) is 7.14. The minimum absolute atomic E-state index is 0.120. The molecule has 0 heterocycles. The largest absolute Gasteiger partial charge is 0.343 e. The Kier molecular flexibility index (Phi) is 4.13. The van der Waals surface area contributed by atoms with E-state index in [0.29, 0.717) is 17.7 Å². The Bertz CT molecular complexity index is 370. The molecule has 2 atom stereocenters. The highest BCUT2D eigenvalue weighted by Crippen LogP contribution is 2.41. The number of nitrogens with zero attached hydrogens (tertiary/aromatic N) is 1. The molecule has 3 heteroatoms. The van der Waals surface area contributed by atoms with Crippen molar-refractivity contribution in [1.29, 1.82) is 0 Å². The summed E-state index contributed by atoms with van der Waals surface area (Å²) in [6, 6.07) is 0.453. The minimum Gasteiger partial charge on any atom is -0.343 e. The number of hydrogen-bond donors (Lipinski definition) is 0. The molecule has 0 aliphatic heterocycles. The van der Waals surface area contributed by atoms with E-state index < -0.39 is 0 Å². The predicted molar refractivity (Wildman–Crippen MR) is 78.2 cm³/mol. The van der Waals surface area contributed by atoms with Crippen molar-refractivity contribution in [2.75, 3.05) is 7.05 Å². The quantitative estimate of drug-likeness (QED) is 0.777. The maximum atomic E-state index is 12.7. The van der Waals surface area contributed by atoms with Crippen LogP contribution in [0, 0.1) is 17.8 Å². The highest BCUT2D eigenvalue weighted by molar-refractivity contribution is 5.88. The van der Waals surface area contributed by atoms with Gasteiger partial charge in [-0.15, -0.1) is 0 Å². The summed E-state index contributed by atoms with van der Waals surface area (Å²) in [5.74, 6) is 1.28. The van der Waals surface area contributed by atoms with Gasteiger partial charge in [0.05, 0.1) is 0 Å². The lowest BCUT2D eigenvalue weighted by Gasteiger charge is -2.40. The molecule has 20 heavy (non-hydrogen) atoms. The third-order valence-electron chi connectivity index (χ3n) is 5.87. The smallest absolute Gasteiger partial charge is 0.225 e. The Balaban J connectivity index is 1.63. The van der Waals surface area contributed by atoms with Crippen LogP contribution in [0.15, 0.2) is 0 Å². The molecule has 0 radical (unpaired) electrons. The number of carbonyl (C=O) groups is 2. The molecule has 3 saturated carbocycles. The molecular formula is C17H27NO2. The summed E-state index contributed by atoms with van der Waals surface area (Å²) in [6.07, 6.45) is 11.0. The van der Waals surface area contributed by atoms with E-state index in [1.54, 1.807) is 0 Å². The number of hydrogen-bond acceptors (Lipinski definition) is 2. The van der Waals surface area contributed by atoms with Crippen LogP contribution in [0.2, 0.25) is 0 Å². The van der Waals surface area contributed by atoms with Crippen LogP contribution in [-0.4, -0.2) is 29.7 Å². The number of carbonyl (C=O) groups excluding carboxylic acids is 2. The fourth-order valence-electron chi connectivity index (χ4n) is 4.62. The Morgan fingerprint density at radius 2 is 1.55 bits per heavy atom. The molecule has 0 aromatic rings. The van der Waals surface area contributed by atoms with Gasteiger partial charge in [-0.1, -0.05) is 25.7 Å². The SMILES string of the molecule is CN(C(=O)C1CC2CCCC(C1)C2=O)C1CCCCC1. The second kappa shape index (κ2) is 5.87. The molecule has 3 aliphatic carbocycles. The molecule has 3 nitrogen and oxygen atoms in total. The lowest BCUT2D eigenvalue weighted by Crippen LogP contribution is -2.46. The van der Waals surface area contributed by atoms with Crippen LogP contribution in [0.1, 0.15) is 64.2 Å². The fraction of sp³-hybridized carbons (Fsp3) is 0.882. The van der Waals surface area contributed by atoms with Gasteiger partial charge in [0.25, 0.3) is 0 Å². The zero-order valence-corrected chi connectivity index (χ0v) is 12.6. The van der Waals surface area contributed by atoms with E-state index in [1.807, 2.05) is 11.9 Å². The van der Waals surface area contributed by atoms with Crippen LogP contribution in [0.4, 0.5) is 0 Å². The molecule has 3 aliphatic rings. The van der Waals surface area contributed by atoms with Gasteiger partial charge in [0.15, 0.2) is 0 Å². The van der Waals surface area contributed by atoms with Crippen LogP contribution in [0.5, 0.6) is 0 Å². The third kappa shape index (κ3) is 2.64. The first-order chi connectivity index (χ1) is 9.66. The first kappa shape index (κ1) is 14.1.